The van der Waals surface area contributed by atoms with Crippen molar-refractivity contribution in [2.75, 3.05) is 39.4 Å². The summed E-state index contributed by atoms with van der Waals surface area (Å²) in [7, 11) is 0. The molecule has 3 aliphatic rings. The van der Waals surface area contributed by atoms with Gasteiger partial charge in [-0.2, -0.15) is 0 Å². The average Bonchev–Trinajstić information content (AvgIpc) is 2.76. The van der Waals surface area contributed by atoms with E-state index in [1.165, 1.54) is 0 Å². The summed E-state index contributed by atoms with van der Waals surface area (Å²) in [6.45, 7) is 4.35. The van der Waals surface area contributed by atoms with E-state index in [0.717, 1.165) is 45.3 Å². The second-order valence-corrected chi connectivity index (χ2v) is 6.63. The maximum absolute atomic E-state index is 12.2. The number of likely N-dealkylation sites (tertiary alicyclic amines) is 1. The molecule has 0 aliphatic carbocycles. The molecule has 118 valence electrons. The van der Waals surface area contributed by atoms with Gasteiger partial charge in [-0.25, -0.2) is 0 Å². The molecule has 0 unspecified atom stereocenters. The molecule has 0 atom stereocenters. The molecule has 3 saturated heterocycles. The lowest BCUT2D eigenvalue weighted by Gasteiger charge is -2.33. The van der Waals surface area contributed by atoms with Crippen LogP contribution in [0.1, 0.15) is 32.1 Å². The highest BCUT2D eigenvalue weighted by Gasteiger charge is 2.43. The third-order valence-corrected chi connectivity index (χ3v) is 4.99. The van der Waals surface area contributed by atoms with Crippen LogP contribution >= 0.6 is 0 Å². The molecule has 0 saturated carbocycles. The standard InChI is InChI=1S/C15H25N3O3/c19-13(17-12-1-7-21-8-2-12)10-18-11-15(9-14(18)20)3-5-16-6-4-15/h12,16H,1-11H2,(H,17,19). The van der Waals surface area contributed by atoms with Gasteiger partial charge < -0.3 is 20.3 Å². The molecule has 0 aromatic heterocycles. The van der Waals surface area contributed by atoms with Crippen LogP contribution in [0.3, 0.4) is 0 Å². The summed E-state index contributed by atoms with van der Waals surface area (Å²) in [4.78, 5) is 26.1. The molecule has 3 rings (SSSR count). The van der Waals surface area contributed by atoms with Gasteiger partial charge in [0.1, 0.15) is 0 Å². The Balaban J connectivity index is 1.50. The number of hydrogen-bond donors (Lipinski definition) is 2. The monoisotopic (exact) mass is 295 g/mol. The number of nitrogens with one attached hydrogen (secondary N) is 2. The van der Waals surface area contributed by atoms with E-state index < -0.39 is 0 Å². The smallest absolute Gasteiger partial charge is 0.239 e. The normalized spacial score (nSPS) is 26.3. The zero-order chi connectivity index (χ0) is 14.7. The molecule has 6 nitrogen and oxygen atoms in total. The molecule has 3 fully saturated rings. The number of hydrogen-bond acceptors (Lipinski definition) is 4. The van der Waals surface area contributed by atoms with Gasteiger partial charge in [-0.3, -0.25) is 9.59 Å². The van der Waals surface area contributed by atoms with Crippen LogP contribution in [0, 0.1) is 5.41 Å². The van der Waals surface area contributed by atoms with Crippen molar-refractivity contribution in [3.05, 3.63) is 0 Å². The molecular weight excluding hydrogens is 270 g/mol. The molecule has 0 aromatic rings. The Labute approximate surface area is 125 Å². The summed E-state index contributed by atoms with van der Waals surface area (Å²) >= 11 is 0. The number of ether oxygens (including phenoxy) is 1. The molecular formula is C15H25N3O3. The quantitative estimate of drug-likeness (QED) is 0.762. The number of carbonyl (C=O) groups excluding carboxylic acids is 2. The molecule has 6 heteroatoms. The van der Waals surface area contributed by atoms with Gasteiger partial charge in [-0.05, 0) is 44.2 Å². The molecule has 3 aliphatic heterocycles. The Morgan fingerprint density at radius 3 is 2.76 bits per heavy atom. The van der Waals surface area contributed by atoms with Gasteiger partial charge in [0.25, 0.3) is 0 Å². The summed E-state index contributed by atoms with van der Waals surface area (Å²) in [5, 5.41) is 6.37. The zero-order valence-corrected chi connectivity index (χ0v) is 12.5. The average molecular weight is 295 g/mol. The second-order valence-electron chi connectivity index (χ2n) is 6.63. The van der Waals surface area contributed by atoms with Gasteiger partial charge in [-0.15, -0.1) is 0 Å². The Bertz CT molecular complexity index is 401. The summed E-state index contributed by atoms with van der Waals surface area (Å²) < 4.78 is 5.29. The number of rotatable bonds is 3. The van der Waals surface area contributed by atoms with Crippen LogP contribution in [-0.4, -0.2) is 62.1 Å². The van der Waals surface area contributed by atoms with E-state index in [2.05, 4.69) is 10.6 Å². The fraction of sp³-hybridized carbons (Fsp3) is 0.867. The van der Waals surface area contributed by atoms with E-state index in [-0.39, 0.29) is 29.8 Å². The first-order valence-corrected chi connectivity index (χ1v) is 8.03. The first-order chi connectivity index (χ1) is 10.2. The van der Waals surface area contributed by atoms with Crippen LogP contribution in [0.5, 0.6) is 0 Å². The predicted octanol–water partition coefficient (Wildman–Crippen LogP) is -0.116. The SMILES string of the molecule is O=C(CN1CC2(CCNCC2)CC1=O)NC1CCOCC1. The largest absolute Gasteiger partial charge is 0.381 e. The van der Waals surface area contributed by atoms with E-state index in [4.69, 9.17) is 4.74 Å². The van der Waals surface area contributed by atoms with Crippen molar-refractivity contribution in [3.63, 3.8) is 0 Å². The highest BCUT2D eigenvalue weighted by Crippen LogP contribution is 2.39. The zero-order valence-electron chi connectivity index (χ0n) is 12.5. The van der Waals surface area contributed by atoms with Gasteiger partial charge in [0.2, 0.25) is 11.8 Å². The molecule has 2 N–H and O–H groups in total. The van der Waals surface area contributed by atoms with Crippen molar-refractivity contribution in [1.29, 1.82) is 0 Å². The van der Waals surface area contributed by atoms with Gasteiger partial charge in [0, 0.05) is 32.2 Å². The Morgan fingerprint density at radius 1 is 1.33 bits per heavy atom. The molecule has 1 spiro atoms. The molecule has 2 amide bonds. The fourth-order valence-corrected chi connectivity index (χ4v) is 3.71. The number of nitrogens with zero attached hydrogens (tertiary/aromatic N) is 1. The Kier molecular flexibility index (Phi) is 4.45. The highest BCUT2D eigenvalue weighted by atomic mass is 16.5. The van der Waals surface area contributed by atoms with Crippen LogP contribution in [0.15, 0.2) is 0 Å². The first kappa shape index (κ1) is 14.8. The van der Waals surface area contributed by atoms with Crippen molar-refractivity contribution in [3.8, 4) is 0 Å². The number of piperidine rings is 1. The van der Waals surface area contributed by atoms with E-state index in [9.17, 15) is 9.59 Å². The van der Waals surface area contributed by atoms with Gasteiger partial charge in [0.15, 0.2) is 0 Å². The highest BCUT2D eigenvalue weighted by molar-refractivity contribution is 5.86. The van der Waals surface area contributed by atoms with Crippen molar-refractivity contribution < 1.29 is 14.3 Å². The summed E-state index contributed by atoms with van der Waals surface area (Å²) in [6, 6.07) is 0.205. The van der Waals surface area contributed by atoms with Crippen molar-refractivity contribution >= 4 is 11.8 Å². The van der Waals surface area contributed by atoms with Crippen LogP contribution in [0.4, 0.5) is 0 Å². The summed E-state index contributed by atoms with van der Waals surface area (Å²) in [5.74, 6) is 0.111. The first-order valence-electron chi connectivity index (χ1n) is 8.03. The maximum Gasteiger partial charge on any atom is 0.239 e. The van der Waals surface area contributed by atoms with Crippen molar-refractivity contribution in [2.24, 2.45) is 5.41 Å². The lowest BCUT2D eigenvalue weighted by molar-refractivity contribution is -0.133. The molecule has 3 heterocycles. The number of carbonyl (C=O) groups is 2. The van der Waals surface area contributed by atoms with Gasteiger partial charge in [0.05, 0.1) is 6.54 Å². The fourth-order valence-electron chi connectivity index (χ4n) is 3.71. The van der Waals surface area contributed by atoms with Crippen LogP contribution in [0.2, 0.25) is 0 Å². The minimum atomic E-state index is -0.0266. The van der Waals surface area contributed by atoms with Crippen LogP contribution in [0.25, 0.3) is 0 Å². The van der Waals surface area contributed by atoms with E-state index in [1.807, 2.05) is 0 Å². The molecule has 0 radical (unpaired) electrons. The second kappa shape index (κ2) is 6.32. The van der Waals surface area contributed by atoms with Crippen molar-refractivity contribution in [2.45, 2.75) is 38.1 Å². The van der Waals surface area contributed by atoms with E-state index >= 15 is 0 Å². The lowest BCUT2D eigenvalue weighted by Crippen LogP contribution is -2.45. The van der Waals surface area contributed by atoms with Crippen molar-refractivity contribution in [1.82, 2.24) is 15.5 Å². The maximum atomic E-state index is 12.2. The lowest BCUT2D eigenvalue weighted by atomic mass is 9.78. The van der Waals surface area contributed by atoms with Crippen LogP contribution in [-0.2, 0) is 14.3 Å². The van der Waals surface area contributed by atoms with E-state index in [0.29, 0.717) is 19.6 Å². The van der Waals surface area contributed by atoms with E-state index in [1.54, 1.807) is 4.90 Å². The Hall–Kier alpha value is -1.14. The van der Waals surface area contributed by atoms with Gasteiger partial charge >= 0.3 is 0 Å². The summed E-state index contributed by atoms with van der Waals surface area (Å²) in [6.07, 6.45) is 4.43. The molecule has 0 bridgehead atoms. The predicted molar refractivity (Wildman–Crippen MR) is 77.7 cm³/mol. The topological polar surface area (TPSA) is 70.7 Å². The third-order valence-electron chi connectivity index (χ3n) is 4.99. The molecule has 0 aromatic carbocycles. The van der Waals surface area contributed by atoms with Crippen LogP contribution < -0.4 is 10.6 Å². The van der Waals surface area contributed by atoms with Gasteiger partial charge in [-0.1, -0.05) is 0 Å². The molecule has 21 heavy (non-hydrogen) atoms. The number of amides is 2. The summed E-state index contributed by atoms with van der Waals surface area (Å²) in [5.41, 5.74) is 0.112. The third kappa shape index (κ3) is 3.55. The Morgan fingerprint density at radius 2 is 2.05 bits per heavy atom. The minimum absolute atomic E-state index is 0.0266. The minimum Gasteiger partial charge on any atom is -0.381 e.